The maximum Gasteiger partial charge on any atom is 0.319 e. The van der Waals surface area contributed by atoms with Crippen LogP contribution in [0.3, 0.4) is 0 Å². The molecule has 5 heteroatoms. The summed E-state index contributed by atoms with van der Waals surface area (Å²) in [4.78, 5) is 12.0. The SMILES string of the molecule is CC(C)CC(C)(CN)NC(=O)Nc1cccc(Cl)c1. The van der Waals surface area contributed by atoms with Gasteiger partial charge in [-0.1, -0.05) is 31.5 Å². The van der Waals surface area contributed by atoms with Crippen LogP contribution in [0.1, 0.15) is 27.2 Å². The zero-order valence-corrected chi connectivity index (χ0v) is 12.4. The average molecular weight is 284 g/mol. The van der Waals surface area contributed by atoms with Crippen molar-refractivity contribution in [2.24, 2.45) is 11.7 Å². The van der Waals surface area contributed by atoms with E-state index in [9.17, 15) is 4.79 Å². The second kappa shape index (κ2) is 6.78. The highest BCUT2D eigenvalue weighted by Gasteiger charge is 2.25. The molecule has 0 aromatic heterocycles. The average Bonchev–Trinajstić information content (AvgIpc) is 2.27. The van der Waals surface area contributed by atoms with Gasteiger partial charge in [0.25, 0.3) is 0 Å². The van der Waals surface area contributed by atoms with E-state index in [0.717, 1.165) is 6.42 Å². The molecule has 0 aliphatic heterocycles. The number of urea groups is 1. The molecule has 0 radical (unpaired) electrons. The number of hydrogen-bond acceptors (Lipinski definition) is 2. The van der Waals surface area contributed by atoms with Crippen LogP contribution in [0, 0.1) is 5.92 Å². The molecule has 0 fully saturated rings. The number of halogens is 1. The molecular weight excluding hydrogens is 262 g/mol. The fraction of sp³-hybridized carbons (Fsp3) is 0.500. The molecule has 0 saturated heterocycles. The topological polar surface area (TPSA) is 67.1 Å². The molecule has 4 N–H and O–H groups in total. The van der Waals surface area contributed by atoms with Crippen LogP contribution in [-0.4, -0.2) is 18.1 Å². The first-order chi connectivity index (χ1) is 8.84. The molecule has 0 aliphatic rings. The smallest absolute Gasteiger partial charge is 0.319 e. The molecule has 1 unspecified atom stereocenters. The molecule has 2 amide bonds. The second-order valence-electron chi connectivity index (χ2n) is 5.45. The number of anilines is 1. The summed E-state index contributed by atoms with van der Waals surface area (Å²) in [6.07, 6.45) is 0.826. The van der Waals surface area contributed by atoms with E-state index < -0.39 is 5.54 Å². The zero-order valence-electron chi connectivity index (χ0n) is 11.7. The third-order valence-electron chi connectivity index (χ3n) is 2.81. The fourth-order valence-electron chi connectivity index (χ4n) is 2.09. The van der Waals surface area contributed by atoms with Gasteiger partial charge in [-0.25, -0.2) is 4.79 Å². The summed E-state index contributed by atoms with van der Waals surface area (Å²) in [5.74, 6) is 0.458. The van der Waals surface area contributed by atoms with Crippen molar-refractivity contribution >= 4 is 23.3 Å². The molecular formula is C14H22ClN3O. The first-order valence-corrected chi connectivity index (χ1v) is 6.77. The van der Waals surface area contributed by atoms with Gasteiger partial charge in [-0.05, 0) is 37.5 Å². The first-order valence-electron chi connectivity index (χ1n) is 6.39. The molecule has 1 atom stereocenters. The van der Waals surface area contributed by atoms with Crippen LogP contribution in [0.4, 0.5) is 10.5 Å². The molecule has 1 aromatic rings. The number of benzene rings is 1. The number of hydrogen-bond donors (Lipinski definition) is 3. The Morgan fingerprint density at radius 2 is 2.16 bits per heavy atom. The van der Waals surface area contributed by atoms with Gasteiger partial charge in [-0.3, -0.25) is 0 Å². The zero-order chi connectivity index (χ0) is 14.5. The van der Waals surface area contributed by atoms with E-state index in [2.05, 4.69) is 24.5 Å². The largest absolute Gasteiger partial charge is 0.331 e. The number of amides is 2. The molecule has 1 rings (SSSR count). The van der Waals surface area contributed by atoms with Gasteiger partial charge in [0.05, 0.1) is 5.54 Å². The Morgan fingerprint density at radius 3 is 2.68 bits per heavy atom. The van der Waals surface area contributed by atoms with E-state index >= 15 is 0 Å². The molecule has 0 spiro atoms. The van der Waals surface area contributed by atoms with Crippen molar-refractivity contribution in [1.82, 2.24) is 5.32 Å². The Kier molecular flexibility index (Phi) is 5.63. The van der Waals surface area contributed by atoms with Gasteiger partial charge < -0.3 is 16.4 Å². The summed E-state index contributed by atoms with van der Waals surface area (Å²) >= 11 is 5.87. The number of carbonyl (C=O) groups is 1. The van der Waals surface area contributed by atoms with Crippen molar-refractivity contribution in [2.45, 2.75) is 32.7 Å². The number of nitrogens with two attached hydrogens (primary N) is 1. The normalized spacial score (nSPS) is 14.0. The Labute approximate surface area is 119 Å². The van der Waals surface area contributed by atoms with E-state index in [1.807, 2.05) is 6.92 Å². The fourth-order valence-corrected chi connectivity index (χ4v) is 2.28. The summed E-state index contributed by atoms with van der Waals surface area (Å²) in [5.41, 5.74) is 6.01. The summed E-state index contributed by atoms with van der Waals surface area (Å²) < 4.78 is 0. The first kappa shape index (κ1) is 15.8. The number of carbonyl (C=O) groups excluding carboxylic acids is 1. The van der Waals surface area contributed by atoms with Crippen LogP contribution >= 0.6 is 11.6 Å². The molecule has 0 heterocycles. The maximum absolute atomic E-state index is 12.0. The highest BCUT2D eigenvalue weighted by molar-refractivity contribution is 6.30. The highest BCUT2D eigenvalue weighted by Crippen LogP contribution is 2.17. The van der Waals surface area contributed by atoms with E-state index in [1.54, 1.807) is 24.3 Å². The quantitative estimate of drug-likeness (QED) is 0.777. The van der Waals surface area contributed by atoms with Crippen LogP contribution in [0.2, 0.25) is 5.02 Å². The summed E-state index contributed by atoms with van der Waals surface area (Å²) in [7, 11) is 0. The van der Waals surface area contributed by atoms with Crippen LogP contribution in [0.15, 0.2) is 24.3 Å². The number of rotatable bonds is 5. The molecule has 4 nitrogen and oxygen atoms in total. The minimum Gasteiger partial charge on any atom is -0.331 e. The molecule has 1 aromatic carbocycles. The second-order valence-corrected chi connectivity index (χ2v) is 5.89. The third-order valence-corrected chi connectivity index (χ3v) is 3.04. The van der Waals surface area contributed by atoms with Crippen molar-refractivity contribution in [1.29, 1.82) is 0 Å². The highest BCUT2D eigenvalue weighted by atomic mass is 35.5. The Bertz CT molecular complexity index is 436. The van der Waals surface area contributed by atoms with Crippen molar-refractivity contribution < 1.29 is 4.79 Å². The summed E-state index contributed by atoms with van der Waals surface area (Å²) in [6.45, 7) is 6.55. The van der Waals surface area contributed by atoms with Crippen molar-refractivity contribution in [2.75, 3.05) is 11.9 Å². The molecule has 0 aliphatic carbocycles. The minimum absolute atomic E-state index is 0.268. The van der Waals surface area contributed by atoms with E-state index in [1.165, 1.54) is 0 Å². The van der Waals surface area contributed by atoms with Crippen LogP contribution < -0.4 is 16.4 Å². The van der Waals surface area contributed by atoms with Gasteiger partial charge in [0.2, 0.25) is 0 Å². The van der Waals surface area contributed by atoms with Crippen molar-refractivity contribution in [3.8, 4) is 0 Å². The minimum atomic E-state index is -0.406. The monoisotopic (exact) mass is 283 g/mol. The van der Waals surface area contributed by atoms with Gasteiger partial charge in [0.1, 0.15) is 0 Å². The van der Waals surface area contributed by atoms with E-state index in [-0.39, 0.29) is 6.03 Å². The van der Waals surface area contributed by atoms with Gasteiger partial charge in [0, 0.05) is 17.3 Å². The lowest BCUT2D eigenvalue weighted by atomic mass is 9.91. The van der Waals surface area contributed by atoms with E-state index in [4.69, 9.17) is 17.3 Å². The van der Waals surface area contributed by atoms with Crippen LogP contribution in [-0.2, 0) is 0 Å². The van der Waals surface area contributed by atoms with Crippen molar-refractivity contribution in [3.05, 3.63) is 29.3 Å². The maximum atomic E-state index is 12.0. The lowest BCUT2D eigenvalue weighted by Crippen LogP contribution is -2.53. The predicted molar refractivity (Wildman–Crippen MR) is 80.5 cm³/mol. The Morgan fingerprint density at radius 1 is 1.47 bits per heavy atom. The lowest BCUT2D eigenvalue weighted by Gasteiger charge is -2.31. The number of nitrogens with one attached hydrogen (secondary N) is 2. The predicted octanol–water partition coefficient (Wildman–Crippen LogP) is 3.23. The Hall–Kier alpha value is -1.26. The molecule has 0 saturated carbocycles. The van der Waals surface area contributed by atoms with Crippen LogP contribution in [0.5, 0.6) is 0 Å². The van der Waals surface area contributed by atoms with Gasteiger partial charge in [-0.2, -0.15) is 0 Å². The third kappa shape index (κ3) is 5.49. The van der Waals surface area contributed by atoms with Crippen molar-refractivity contribution in [3.63, 3.8) is 0 Å². The molecule has 0 bridgehead atoms. The lowest BCUT2D eigenvalue weighted by molar-refractivity contribution is 0.233. The van der Waals surface area contributed by atoms with Gasteiger partial charge in [0.15, 0.2) is 0 Å². The van der Waals surface area contributed by atoms with Crippen LogP contribution in [0.25, 0.3) is 0 Å². The molecule has 19 heavy (non-hydrogen) atoms. The Balaban J connectivity index is 2.63. The van der Waals surface area contributed by atoms with Gasteiger partial charge >= 0.3 is 6.03 Å². The standard InChI is InChI=1S/C14H22ClN3O/c1-10(2)8-14(3,9-16)18-13(19)17-12-6-4-5-11(15)7-12/h4-7,10H,8-9,16H2,1-3H3,(H2,17,18,19). The molecule has 106 valence electrons. The summed E-state index contributed by atoms with van der Waals surface area (Å²) in [6, 6.07) is 6.76. The van der Waals surface area contributed by atoms with Gasteiger partial charge in [-0.15, -0.1) is 0 Å². The van der Waals surface area contributed by atoms with E-state index in [0.29, 0.717) is 23.2 Å². The summed E-state index contributed by atoms with van der Waals surface area (Å²) in [5, 5.41) is 6.26.